The van der Waals surface area contributed by atoms with E-state index in [0.29, 0.717) is 11.6 Å². The van der Waals surface area contributed by atoms with Crippen molar-refractivity contribution >= 4 is 0 Å². The van der Waals surface area contributed by atoms with E-state index in [1.807, 2.05) is 0 Å². The summed E-state index contributed by atoms with van der Waals surface area (Å²) in [6.45, 7) is 4.54. The number of rotatable bonds is 1. The van der Waals surface area contributed by atoms with Crippen molar-refractivity contribution < 1.29 is 0 Å². The van der Waals surface area contributed by atoms with E-state index in [1.54, 1.807) is 5.57 Å². The van der Waals surface area contributed by atoms with Crippen LogP contribution in [0.2, 0.25) is 0 Å². The van der Waals surface area contributed by atoms with Gasteiger partial charge in [-0.25, -0.2) is 0 Å². The number of hydrogen-bond acceptors (Lipinski definition) is 1. The van der Waals surface area contributed by atoms with Gasteiger partial charge in [0.2, 0.25) is 0 Å². The highest BCUT2D eigenvalue weighted by Crippen LogP contribution is 2.37. The highest BCUT2D eigenvalue weighted by Gasteiger charge is 2.48. The summed E-state index contributed by atoms with van der Waals surface area (Å²) < 4.78 is 0. The lowest BCUT2D eigenvalue weighted by Gasteiger charge is -2.14. The van der Waals surface area contributed by atoms with Gasteiger partial charge in [0.15, 0.2) is 0 Å². The van der Waals surface area contributed by atoms with Crippen molar-refractivity contribution in [2.24, 2.45) is 0 Å². The molecule has 0 aromatic rings. The first-order valence-corrected chi connectivity index (χ1v) is 4.37. The van der Waals surface area contributed by atoms with Crippen molar-refractivity contribution in [2.75, 3.05) is 0 Å². The standard InChI is InChI=1S/C10H15N/c1-8-10(2,11-8)9-6-4-3-5-7-9/h3-4,6,8,11H,5,7H2,1-2H3. The summed E-state index contributed by atoms with van der Waals surface area (Å²) in [7, 11) is 0. The Kier molecular flexibility index (Phi) is 1.43. The van der Waals surface area contributed by atoms with Gasteiger partial charge < -0.3 is 5.32 Å². The fraction of sp³-hybridized carbons (Fsp3) is 0.600. The van der Waals surface area contributed by atoms with E-state index in [0.717, 1.165) is 0 Å². The van der Waals surface area contributed by atoms with Crippen LogP contribution in [0.3, 0.4) is 0 Å². The molecule has 11 heavy (non-hydrogen) atoms. The van der Waals surface area contributed by atoms with Crippen molar-refractivity contribution in [2.45, 2.75) is 38.3 Å². The molecule has 2 atom stereocenters. The van der Waals surface area contributed by atoms with Crippen LogP contribution in [0.5, 0.6) is 0 Å². The summed E-state index contributed by atoms with van der Waals surface area (Å²) in [5.41, 5.74) is 1.91. The number of hydrogen-bond donors (Lipinski definition) is 1. The summed E-state index contributed by atoms with van der Waals surface area (Å²) >= 11 is 0. The predicted octanol–water partition coefficient (Wildman–Crippen LogP) is 2.01. The molecule has 1 saturated heterocycles. The summed E-state index contributed by atoms with van der Waals surface area (Å²) in [5.74, 6) is 0. The zero-order valence-corrected chi connectivity index (χ0v) is 7.22. The van der Waals surface area contributed by atoms with Gasteiger partial charge in [-0.3, -0.25) is 0 Å². The van der Waals surface area contributed by atoms with Crippen molar-refractivity contribution in [1.29, 1.82) is 0 Å². The largest absolute Gasteiger partial charge is 0.302 e. The SMILES string of the molecule is CC1NC1(C)C1=CC=CCC1. The monoisotopic (exact) mass is 149 g/mol. The Hall–Kier alpha value is -0.560. The van der Waals surface area contributed by atoms with Crippen LogP contribution in [-0.4, -0.2) is 11.6 Å². The fourth-order valence-corrected chi connectivity index (χ4v) is 1.81. The van der Waals surface area contributed by atoms with Gasteiger partial charge in [-0.1, -0.05) is 18.2 Å². The average Bonchev–Trinajstić information content (AvgIpc) is 2.64. The first-order valence-electron chi connectivity index (χ1n) is 4.37. The molecule has 1 fully saturated rings. The van der Waals surface area contributed by atoms with Crippen molar-refractivity contribution in [1.82, 2.24) is 5.32 Å². The number of allylic oxidation sites excluding steroid dienone is 3. The first kappa shape index (κ1) is 7.11. The number of nitrogens with one attached hydrogen (secondary N) is 1. The predicted molar refractivity (Wildman–Crippen MR) is 47.5 cm³/mol. The molecule has 0 aromatic heterocycles. The zero-order chi connectivity index (χ0) is 7.90. The van der Waals surface area contributed by atoms with Crippen molar-refractivity contribution in [3.8, 4) is 0 Å². The van der Waals surface area contributed by atoms with E-state index in [2.05, 4.69) is 37.4 Å². The van der Waals surface area contributed by atoms with Crippen LogP contribution in [-0.2, 0) is 0 Å². The quantitative estimate of drug-likeness (QED) is 0.566. The third-order valence-electron chi connectivity index (χ3n) is 2.98. The molecule has 0 bridgehead atoms. The molecule has 0 amide bonds. The molecule has 2 aliphatic rings. The molecule has 1 aliphatic heterocycles. The molecule has 2 rings (SSSR count). The molecule has 60 valence electrons. The van der Waals surface area contributed by atoms with Gasteiger partial charge in [0.1, 0.15) is 0 Å². The molecule has 0 spiro atoms. The Balaban J connectivity index is 2.16. The van der Waals surface area contributed by atoms with Gasteiger partial charge >= 0.3 is 0 Å². The van der Waals surface area contributed by atoms with Gasteiger partial charge in [0.25, 0.3) is 0 Å². The summed E-state index contributed by atoms with van der Waals surface area (Å²) in [4.78, 5) is 0. The fourth-order valence-electron chi connectivity index (χ4n) is 1.81. The van der Waals surface area contributed by atoms with Gasteiger partial charge in [-0.2, -0.15) is 0 Å². The topological polar surface area (TPSA) is 21.9 Å². The van der Waals surface area contributed by atoms with E-state index in [4.69, 9.17) is 0 Å². The van der Waals surface area contributed by atoms with Crippen LogP contribution in [0.1, 0.15) is 26.7 Å². The second-order valence-electron chi connectivity index (χ2n) is 3.73. The molecule has 1 heterocycles. The molecule has 0 saturated carbocycles. The van der Waals surface area contributed by atoms with Crippen LogP contribution in [0.4, 0.5) is 0 Å². The second-order valence-corrected chi connectivity index (χ2v) is 3.73. The zero-order valence-electron chi connectivity index (χ0n) is 7.22. The van der Waals surface area contributed by atoms with E-state index in [1.165, 1.54) is 12.8 Å². The molecule has 0 aromatic carbocycles. The minimum atomic E-state index is 0.338. The molecular weight excluding hydrogens is 134 g/mol. The van der Waals surface area contributed by atoms with Crippen LogP contribution >= 0.6 is 0 Å². The van der Waals surface area contributed by atoms with Crippen LogP contribution in [0.15, 0.2) is 23.8 Å². The molecule has 1 nitrogen and oxygen atoms in total. The minimum absolute atomic E-state index is 0.338. The molecule has 1 aliphatic carbocycles. The molecule has 0 radical (unpaired) electrons. The van der Waals surface area contributed by atoms with Crippen LogP contribution < -0.4 is 5.32 Å². The smallest absolute Gasteiger partial charge is 0.0524 e. The average molecular weight is 149 g/mol. The lowest BCUT2D eigenvalue weighted by atomic mass is 9.91. The third kappa shape index (κ3) is 1.04. The molecule has 2 unspecified atom stereocenters. The van der Waals surface area contributed by atoms with E-state index in [9.17, 15) is 0 Å². The Morgan fingerprint density at radius 1 is 1.64 bits per heavy atom. The Morgan fingerprint density at radius 3 is 2.82 bits per heavy atom. The van der Waals surface area contributed by atoms with Crippen molar-refractivity contribution in [3.05, 3.63) is 23.8 Å². The Morgan fingerprint density at radius 2 is 2.36 bits per heavy atom. The lowest BCUT2D eigenvalue weighted by Crippen LogP contribution is -2.15. The van der Waals surface area contributed by atoms with Crippen molar-refractivity contribution in [3.63, 3.8) is 0 Å². The summed E-state index contributed by atoms with van der Waals surface area (Å²) in [5, 5.41) is 3.48. The summed E-state index contributed by atoms with van der Waals surface area (Å²) in [6.07, 6.45) is 9.14. The van der Waals surface area contributed by atoms with E-state index < -0.39 is 0 Å². The van der Waals surface area contributed by atoms with Crippen LogP contribution in [0.25, 0.3) is 0 Å². The van der Waals surface area contributed by atoms with Gasteiger partial charge in [0.05, 0.1) is 5.54 Å². The third-order valence-corrected chi connectivity index (χ3v) is 2.98. The summed E-state index contributed by atoms with van der Waals surface area (Å²) in [6, 6.07) is 0.681. The normalized spacial score (nSPS) is 42.0. The van der Waals surface area contributed by atoms with E-state index in [-0.39, 0.29) is 0 Å². The van der Waals surface area contributed by atoms with E-state index >= 15 is 0 Å². The molecule has 1 N–H and O–H groups in total. The maximum absolute atomic E-state index is 3.48. The van der Waals surface area contributed by atoms with Crippen LogP contribution in [0, 0.1) is 0 Å². The second kappa shape index (κ2) is 2.21. The first-order chi connectivity index (χ1) is 5.23. The molecule has 1 heteroatoms. The molecular formula is C10H15N. The highest BCUT2D eigenvalue weighted by molar-refractivity contribution is 5.36. The highest BCUT2D eigenvalue weighted by atomic mass is 15.2. The maximum Gasteiger partial charge on any atom is 0.0524 e. The Bertz CT molecular complexity index is 227. The van der Waals surface area contributed by atoms with Gasteiger partial charge in [-0.15, -0.1) is 0 Å². The Labute approximate surface area is 68.2 Å². The van der Waals surface area contributed by atoms with Gasteiger partial charge in [-0.05, 0) is 32.3 Å². The lowest BCUT2D eigenvalue weighted by molar-refractivity contribution is 0.726. The maximum atomic E-state index is 3.48. The minimum Gasteiger partial charge on any atom is -0.302 e. The van der Waals surface area contributed by atoms with Gasteiger partial charge in [0, 0.05) is 6.04 Å².